The third-order valence-electron chi connectivity index (χ3n) is 4.43. The van der Waals surface area contributed by atoms with Gasteiger partial charge in [0, 0.05) is 52.5 Å². The number of piperidine rings is 1. The highest BCUT2D eigenvalue weighted by Gasteiger charge is 2.24. The second-order valence-corrected chi connectivity index (χ2v) is 6.51. The summed E-state index contributed by atoms with van der Waals surface area (Å²) in [4.78, 5) is 24.5. The highest BCUT2D eigenvalue weighted by molar-refractivity contribution is 5.43. The molecule has 3 heterocycles. The molecule has 0 radical (unpaired) electrons. The van der Waals surface area contributed by atoms with Crippen LogP contribution in [0.4, 0.5) is 17.6 Å². The van der Waals surface area contributed by atoms with Crippen molar-refractivity contribution < 1.29 is 0 Å². The second kappa shape index (κ2) is 7.50. The van der Waals surface area contributed by atoms with Crippen LogP contribution in [0.3, 0.4) is 0 Å². The van der Waals surface area contributed by atoms with E-state index < -0.39 is 0 Å². The molecule has 2 aromatic rings. The number of hydrogen-bond acceptors (Lipinski definition) is 7. The lowest BCUT2D eigenvalue weighted by Crippen LogP contribution is -2.45. The predicted octanol–water partition coefficient (Wildman–Crippen LogP) is 1.11. The van der Waals surface area contributed by atoms with Gasteiger partial charge in [0.2, 0.25) is 5.95 Å². The molecule has 2 aromatic heterocycles. The van der Waals surface area contributed by atoms with E-state index in [-0.39, 0.29) is 5.56 Å². The van der Waals surface area contributed by atoms with Crippen LogP contribution in [0.25, 0.3) is 0 Å². The van der Waals surface area contributed by atoms with Gasteiger partial charge in [0.15, 0.2) is 0 Å². The van der Waals surface area contributed by atoms with Crippen molar-refractivity contribution in [3.63, 3.8) is 0 Å². The predicted molar refractivity (Wildman–Crippen MR) is 99.3 cm³/mol. The van der Waals surface area contributed by atoms with Crippen LogP contribution in [0, 0.1) is 0 Å². The maximum absolute atomic E-state index is 11.6. The zero-order valence-electron chi connectivity index (χ0n) is 15.0. The van der Waals surface area contributed by atoms with Crippen molar-refractivity contribution in [2.45, 2.75) is 25.3 Å². The maximum atomic E-state index is 11.6. The van der Waals surface area contributed by atoms with Gasteiger partial charge in [-0.25, -0.2) is 9.67 Å². The summed E-state index contributed by atoms with van der Waals surface area (Å²) >= 11 is 0. The summed E-state index contributed by atoms with van der Waals surface area (Å²) in [6, 6.07) is 5.59. The van der Waals surface area contributed by atoms with Crippen molar-refractivity contribution in [1.82, 2.24) is 19.7 Å². The lowest BCUT2D eigenvalue weighted by Gasteiger charge is -2.36. The van der Waals surface area contributed by atoms with Gasteiger partial charge in [0.05, 0.1) is 0 Å². The van der Waals surface area contributed by atoms with E-state index in [1.165, 1.54) is 11.1 Å². The van der Waals surface area contributed by atoms with E-state index in [4.69, 9.17) is 0 Å². The molecule has 1 unspecified atom stereocenters. The van der Waals surface area contributed by atoms with Crippen molar-refractivity contribution >= 4 is 17.6 Å². The number of rotatable bonds is 5. The molecule has 0 spiro atoms. The molecule has 1 atom stereocenters. The van der Waals surface area contributed by atoms with Gasteiger partial charge in [-0.05, 0) is 31.4 Å². The normalized spacial score (nSPS) is 17.4. The first-order valence-corrected chi connectivity index (χ1v) is 8.60. The fraction of sp³-hybridized carbons (Fsp3) is 0.529. The molecular weight excluding hydrogens is 318 g/mol. The van der Waals surface area contributed by atoms with Gasteiger partial charge in [-0.3, -0.25) is 4.79 Å². The highest BCUT2D eigenvalue weighted by atomic mass is 16.1. The van der Waals surface area contributed by atoms with Gasteiger partial charge in [-0.2, -0.15) is 10.1 Å². The third-order valence-corrected chi connectivity index (χ3v) is 4.43. The molecule has 0 saturated carbocycles. The van der Waals surface area contributed by atoms with Crippen molar-refractivity contribution in [2.75, 3.05) is 42.3 Å². The molecular formula is C17H25N7O. The molecule has 0 aromatic carbocycles. The van der Waals surface area contributed by atoms with Crippen LogP contribution >= 0.6 is 0 Å². The number of aromatic nitrogens is 4. The van der Waals surface area contributed by atoms with Crippen molar-refractivity contribution in [1.29, 1.82) is 0 Å². The smallest absolute Gasteiger partial charge is 0.266 e. The summed E-state index contributed by atoms with van der Waals surface area (Å²) in [6.45, 7) is 1.72. The molecule has 3 rings (SSSR count). The molecule has 1 N–H and O–H groups in total. The quantitative estimate of drug-likeness (QED) is 0.871. The summed E-state index contributed by atoms with van der Waals surface area (Å²) in [5, 5.41) is 7.83. The zero-order valence-corrected chi connectivity index (χ0v) is 15.0. The van der Waals surface area contributed by atoms with Gasteiger partial charge in [-0.15, -0.1) is 0 Å². The monoisotopic (exact) mass is 343 g/mol. The first-order valence-electron chi connectivity index (χ1n) is 8.60. The van der Waals surface area contributed by atoms with Gasteiger partial charge in [-0.1, -0.05) is 0 Å². The Morgan fingerprint density at radius 1 is 1.28 bits per heavy atom. The Morgan fingerprint density at radius 2 is 2.12 bits per heavy atom. The van der Waals surface area contributed by atoms with Gasteiger partial charge < -0.3 is 15.1 Å². The number of aryl methyl sites for hydroxylation is 1. The first kappa shape index (κ1) is 17.2. The molecule has 0 amide bonds. The van der Waals surface area contributed by atoms with Gasteiger partial charge in [0.1, 0.15) is 11.6 Å². The topological polar surface area (TPSA) is 79.2 Å². The lowest BCUT2D eigenvalue weighted by atomic mass is 10.0. The van der Waals surface area contributed by atoms with E-state index in [9.17, 15) is 4.79 Å². The first-order chi connectivity index (χ1) is 12.0. The Kier molecular flexibility index (Phi) is 5.16. The minimum Gasteiger partial charge on any atom is -0.368 e. The Balaban J connectivity index is 1.72. The highest BCUT2D eigenvalue weighted by Crippen LogP contribution is 2.22. The average molecular weight is 343 g/mol. The molecule has 1 saturated heterocycles. The Hall–Kier alpha value is -2.64. The number of anilines is 3. The Labute approximate surface area is 147 Å². The fourth-order valence-electron chi connectivity index (χ4n) is 3.04. The Bertz CT molecular complexity index is 774. The molecule has 0 bridgehead atoms. The van der Waals surface area contributed by atoms with Crippen LogP contribution in [-0.4, -0.2) is 53.0 Å². The van der Waals surface area contributed by atoms with E-state index in [2.05, 4.69) is 25.3 Å². The molecule has 134 valence electrons. The largest absolute Gasteiger partial charge is 0.368 e. The van der Waals surface area contributed by atoms with Crippen molar-refractivity contribution in [3.8, 4) is 0 Å². The molecule has 0 aliphatic carbocycles. The number of nitrogens with zero attached hydrogens (tertiary/aromatic N) is 6. The summed E-state index contributed by atoms with van der Waals surface area (Å²) in [5.74, 6) is 2.35. The maximum Gasteiger partial charge on any atom is 0.266 e. The van der Waals surface area contributed by atoms with E-state index in [0.717, 1.165) is 37.6 Å². The standard InChI is InChI=1S/C17H25N7O/c1-22(2)17-18-10-9-14(20-17)19-12-13-6-4-5-11-24(13)15-7-8-16(25)23(3)21-15/h7-10,13H,4-6,11-12H2,1-3H3,(H,18,19,20). The lowest BCUT2D eigenvalue weighted by molar-refractivity contribution is 0.464. The van der Waals surface area contributed by atoms with Crippen molar-refractivity contribution in [3.05, 3.63) is 34.7 Å². The summed E-state index contributed by atoms with van der Waals surface area (Å²) in [5.41, 5.74) is -0.0902. The van der Waals surface area contributed by atoms with Gasteiger partial charge in [0.25, 0.3) is 5.56 Å². The fourth-order valence-corrected chi connectivity index (χ4v) is 3.04. The minimum atomic E-state index is -0.0902. The zero-order chi connectivity index (χ0) is 17.8. The van der Waals surface area contributed by atoms with Crippen molar-refractivity contribution in [2.24, 2.45) is 7.05 Å². The Morgan fingerprint density at radius 3 is 2.88 bits per heavy atom. The van der Waals surface area contributed by atoms with E-state index in [1.807, 2.05) is 31.1 Å². The van der Waals surface area contributed by atoms with E-state index in [0.29, 0.717) is 12.0 Å². The number of hydrogen-bond donors (Lipinski definition) is 1. The average Bonchev–Trinajstić information content (AvgIpc) is 2.63. The van der Waals surface area contributed by atoms with E-state index in [1.54, 1.807) is 19.3 Å². The summed E-state index contributed by atoms with van der Waals surface area (Å²) < 4.78 is 1.39. The second-order valence-electron chi connectivity index (χ2n) is 6.51. The van der Waals surface area contributed by atoms with Crippen LogP contribution in [0.15, 0.2) is 29.2 Å². The molecule has 1 fully saturated rings. The minimum absolute atomic E-state index is 0.0902. The van der Waals surface area contributed by atoms with E-state index >= 15 is 0 Å². The molecule has 8 nitrogen and oxygen atoms in total. The van der Waals surface area contributed by atoms with Crippen LogP contribution < -0.4 is 20.7 Å². The third kappa shape index (κ3) is 4.07. The van der Waals surface area contributed by atoms with Gasteiger partial charge >= 0.3 is 0 Å². The molecule has 1 aliphatic heterocycles. The van der Waals surface area contributed by atoms with Crippen LogP contribution in [0.2, 0.25) is 0 Å². The number of nitrogens with one attached hydrogen (secondary N) is 1. The van der Waals surface area contributed by atoms with Crippen LogP contribution in [-0.2, 0) is 7.05 Å². The van der Waals surface area contributed by atoms with Crippen LogP contribution in [0.5, 0.6) is 0 Å². The summed E-state index contributed by atoms with van der Waals surface area (Å²) in [6.07, 6.45) is 5.18. The van der Waals surface area contributed by atoms with Crippen LogP contribution in [0.1, 0.15) is 19.3 Å². The SMILES string of the molecule is CN(C)c1nccc(NCC2CCCCN2c2ccc(=O)n(C)n2)n1. The molecule has 8 heteroatoms. The molecule has 1 aliphatic rings. The molecule has 25 heavy (non-hydrogen) atoms. The summed E-state index contributed by atoms with van der Waals surface area (Å²) in [7, 11) is 5.54.